The standard InChI is InChI=1S/C10H12N2O2S/c1-2-11-10(15)12-8-6-4-3-5-7(8)9(13)14/h3-6H,2H2,1H3,(H,13,14)(H2,11,12,15). The average Bonchev–Trinajstić information content (AvgIpc) is 2.18. The molecule has 80 valence electrons. The maximum absolute atomic E-state index is 10.9. The van der Waals surface area contributed by atoms with Crippen LogP contribution in [0, 0.1) is 0 Å². The van der Waals surface area contributed by atoms with E-state index in [1.807, 2.05) is 6.92 Å². The van der Waals surface area contributed by atoms with E-state index >= 15 is 0 Å². The first-order valence-corrected chi connectivity index (χ1v) is 4.93. The van der Waals surface area contributed by atoms with Gasteiger partial charge in [-0.3, -0.25) is 0 Å². The smallest absolute Gasteiger partial charge is 0.337 e. The number of hydrogen-bond acceptors (Lipinski definition) is 2. The largest absolute Gasteiger partial charge is 0.478 e. The number of hydrogen-bond donors (Lipinski definition) is 3. The van der Waals surface area contributed by atoms with E-state index in [-0.39, 0.29) is 5.56 Å². The molecule has 0 spiro atoms. The number of nitrogens with one attached hydrogen (secondary N) is 2. The maximum atomic E-state index is 10.9. The highest BCUT2D eigenvalue weighted by atomic mass is 32.1. The Bertz CT molecular complexity index is 379. The van der Waals surface area contributed by atoms with E-state index in [2.05, 4.69) is 10.6 Å². The molecule has 1 aromatic rings. The molecule has 5 heteroatoms. The lowest BCUT2D eigenvalue weighted by molar-refractivity contribution is 0.0698. The van der Waals surface area contributed by atoms with Crippen LogP contribution in [-0.2, 0) is 0 Å². The molecule has 3 N–H and O–H groups in total. The first kappa shape index (κ1) is 11.5. The van der Waals surface area contributed by atoms with E-state index < -0.39 is 5.97 Å². The van der Waals surface area contributed by atoms with Gasteiger partial charge in [-0.1, -0.05) is 12.1 Å². The number of para-hydroxylation sites is 1. The monoisotopic (exact) mass is 224 g/mol. The Labute approximate surface area is 93.3 Å². The van der Waals surface area contributed by atoms with Crippen molar-refractivity contribution in [3.8, 4) is 0 Å². The minimum absolute atomic E-state index is 0.206. The fourth-order valence-corrected chi connectivity index (χ4v) is 1.36. The predicted octanol–water partition coefficient (Wildman–Crippen LogP) is 1.69. The second-order valence-corrected chi connectivity index (χ2v) is 3.24. The number of anilines is 1. The van der Waals surface area contributed by atoms with Gasteiger partial charge in [0.25, 0.3) is 0 Å². The van der Waals surface area contributed by atoms with Gasteiger partial charge in [0.1, 0.15) is 0 Å². The first-order chi connectivity index (χ1) is 7.15. The molecule has 0 bridgehead atoms. The van der Waals surface area contributed by atoms with E-state index in [0.29, 0.717) is 17.3 Å². The van der Waals surface area contributed by atoms with Crippen molar-refractivity contribution < 1.29 is 9.90 Å². The molecule has 0 aliphatic heterocycles. The summed E-state index contributed by atoms with van der Waals surface area (Å²) in [5, 5.41) is 15.0. The highest BCUT2D eigenvalue weighted by Crippen LogP contribution is 2.14. The zero-order valence-corrected chi connectivity index (χ0v) is 9.10. The molecule has 0 aliphatic carbocycles. The molecule has 1 aromatic carbocycles. The number of carboxylic acid groups (broad SMARTS) is 1. The van der Waals surface area contributed by atoms with Crippen LogP contribution in [0.25, 0.3) is 0 Å². The molecule has 0 saturated heterocycles. The molecule has 15 heavy (non-hydrogen) atoms. The van der Waals surface area contributed by atoms with Crippen LogP contribution in [0.5, 0.6) is 0 Å². The second-order valence-electron chi connectivity index (χ2n) is 2.84. The Morgan fingerprint density at radius 2 is 2.13 bits per heavy atom. The van der Waals surface area contributed by atoms with E-state index in [1.165, 1.54) is 6.07 Å². The third-order valence-electron chi connectivity index (χ3n) is 1.74. The summed E-state index contributed by atoms with van der Waals surface area (Å²) in [5.74, 6) is -0.975. The number of rotatable bonds is 3. The summed E-state index contributed by atoms with van der Waals surface area (Å²) < 4.78 is 0. The van der Waals surface area contributed by atoms with Gasteiger partial charge in [0.2, 0.25) is 0 Å². The molecule has 0 fully saturated rings. The lowest BCUT2D eigenvalue weighted by atomic mass is 10.2. The summed E-state index contributed by atoms with van der Waals surface area (Å²) in [6, 6.07) is 6.63. The van der Waals surface area contributed by atoms with Gasteiger partial charge in [-0.2, -0.15) is 0 Å². The molecular weight excluding hydrogens is 212 g/mol. The Morgan fingerprint density at radius 3 is 2.73 bits per heavy atom. The quantitative estimate of drug-likeness (QED) is 0.682. The zero-order valence-electron chi connectivity index (χ0n) is 8.28. The molecule has 0 saturated carbocycles. The second kappa shape index (κ2) is 5.31. The van der Waals surface area contributed by atoms with Crippen molar-refractivity contribution in [1.82, 2.24) is 5.32 Å². The molecule has 0 amide bonds. The topological polar surface area (TPSA) is 61.4 Å². The lowest BCUT2D eigenvalue weighted by Crippen LogP contribution is -2.28. The van der Waals surface area contributed by atoms with Crippen molar-refractivity contribution in [1.29, 1.82) is 0 Å². The first-order valence-electron chi connectivity index (χ1n) is 4.52. The summed E-state index contributed by atoms with van der Waals surface area (Å²) in [6.45, 7) is 2.61. The third-order valence-corrected chi connectivity index (χ3v) is 1.99. The Kier molecular flexibility index (Phi) is 4.05. The molecule has 0 heterocycles. The molecule has 1 rings (SSSR count). The predicted molar refractivity (Wildman–Crippen MR) is 63.3 cm³/mol. The number of benzene rings is 1. The normalized spacial score (nSPS) is 9.40. The van der Waals surface area contributed by atoms with Gasteiger partial charge in [-0.25, -0.2) is 4.79 Å². The van der Waals surface area contributed by atoms with Gasteiger partial charge < -0.3 is 15.7 Å². The van der Waals surface area contributed by atoms with Gasteiger partial charge >= 0.3 is 5.97 Å². The maximum Gasteiger partial charge on any atom is 0.337 e. The van der Waals surface area contributed by atoms with Gasteiger partial charge in [0.05, 0.1) is 11.3 Å². The summed E-state index contributed by atoms with van der Waals surface area (Å²) >= 11 is 4.97. The summed E-state index contributed by atoms with van der Waals surface area (Å²) in [5.41, 5.74) is 0.703. The highest BCUT2D eigenvalue weighted by molar-refractivity contribution is 7.80. The fraction of sp³-hybridized carbons (Fsp3) is 0.200. The van der Waals surface area contributed by atoms with Crippen molar-refractivity contribution in [2.24, 2.45) is 0 Å². The third kappa shape index (κ3) is 3.21. The van der Waals surface area contributed by atoms with Gasteiger partial charge in [-0.05, 0) is 31.3 Å². The van der Waals surface area contributed by atoms with Crippen LogP contribution in [0.15, 0.2) is 24.3 Å². The van der Waals surface area contributed by atoms with Crippen LogP contribution in [-0.4, -0.2) is 22.7 Å². The van der Waals surface area contributed by atoms with Gasteiger partial charge in [-0.15, -0.1) is 0 Å². The average molecular weight is 224 g/mol. The highest BCUT2D eigenvalue weighted by Gasteiger charge is 2.09. The fourth-order valence-electron chi connectivity index (χ4n) is 1.11. The van der Waals surface area contributed by atoms with Crippen LogP contribution in [0.4, 0.5) is 5.69 Å². The van der Waals surface area contributed by atoms with Crippen LogP contribution in [0.2, 0.25) is 0 Å². The molecule has 4 nitrogen and oxygen atoms in total. The van der Waals surface area contributed by atoms with Crippen LogP contribution >= 0.6 is 12.2 Å². The molecule has 0 unspecified atom stereocenters. The number of carbonyl (C=O) groups is 1. The minimum Gasteiger partial charge on any atom is -0.478 e. The summed E-state index contributed by atoms with van der Waals surface area (Å²) in [7, 11) is 0. The van der Waals surface area contributed by atoms with Crippen molar-refractivity contribution >= 4 is 29.0 Å². The molecule has 0 aliphatic rings. The van der Waals surface area contributed by atoms with E-state index in [1.54, 1.807) is 18.2 Å². The Balaban J connectivity index is 2.84. The Hall–Kier alpha value is -1.62. The molecule has 0 aromatic heterocycles. The molecular formula is C10H12N2O2S. The molecule has 0 atom stereocenters. The van der Waals surface area contributed by atoms with Crippen molar-refractivity contribution in [2.75, 3.05) is 11.9 Å². The van der Waals surface area contributed by atoms with Gasteiger partial charge in [0, 0.05) is 6.54 Å². The van der Waals surface area contributed by atoms with Crippen molar-refractivity contribution in [3.63, 3.8) is 0 Å². The van der Waals surface area contributed by atoms with E-state index in [9.17, 15) is 4.79 Å². The summed E-state index contributed by atoms with van der Waals surface area (Å²) in [6.07, 6.45) is 0. The molecule has 0 radical (unpaired) electrons. The SMILES string of the molecule is CCNC(=S)Nc1ccccc1C(=O)O. The van der Waals surface area contributed by atoms with E-state index in [0.717, 1.165) is 0 Å². The minimum atomic E-state index is -0.975. The lowest BCUT2D eigenvalue weighted by Gasteiger charge is -2.10. The van der Waals surface area contributed by atoms with Crippen LogP contribution < -0.4 is 10.6 Å². The zero-order chi connectivity index (χ0) is 11.3. The number of thiocarbonyl (C=S) groups is 1. The van der Waals surface area contributed by atoms with Crippen molar-refractivity contribution in [2.45, 2.75) is 6.92 Å². The number of aromatic carboxylic acids is 1. The Morgan fingerprint density at radius 1 is 1.47 bits per heavy atom. The van der Waals surface area contributed by atoms with Crippen LogP contribution in [0.1, 0.15) is 17.3 Å². The number of carboxylic acids is 1. The van der Waals surface area contributed by atoms with Gasteiger partial charge in [0.15, 0.2) is 5.11 Å². The summed E-state index contributed by atoms with van der Waals surface area (Å²) in [4.78, 5) is 10.9. The van der Waals surface area contributed by atoms with E-state index in [4.69, 9.17) is 17.3 Å². The van der Waals surface area contributed by atoms with Crippen LogP contribution in [0.3, 0.4) is 0 Å². The van der Waals surface area contributed by atoms with Crippen molar-refractivity contribution in [3.05, 3.63) is 29.8 Å².